The number of anilines is 1. The Kier molecular flexibility index (Phi) is 8.44. The first-order valence-corrected chi connectivity index (χ1v) is 9.92. The van der Waals surface area contributed by atoms with Crippen LogP contribution in [0.25, 0.3) is 0 Å². The average Bonchev–Trinajstić information content (AvgIpc) is 2.67. The molecule has 0 aliphatic heterocycles. The van der Waals surface area contributed by atoms with Crippen LogP contribution in [0.4, 0.5) is 10.1 Å². The molecule has 2 rings (SSSR count). The summed E-state index contributed by atoms with van der Waals surface area (Å²) >= 11 is 3.21. The topological polar surface area (TPSA) is 61.4 Å². The third-order valence-electron chi connectivity index (χ3n) is 4.23. The van der Waals surface area contributed by atoms with E-state index >= 15 is 0 Å². The van der Waals surface area contributed by atoms with Crippen LogP contribution in [0, 0.1) is 5.82 Å². The van der Waals surface area contributed by atoms with Gasteiger partial charge in [0.1, 0.15) is 5.82 Å². The Morgan fingerprint density at radius 1 is 1.04 bits per heavy atom. The second kappa shape index (κ2) is 10.8. The fourth-order valence-corrected chi connectivity index (χ4v) is 3.05. The van der Waals surface area contributed by atoms with Crippen LogP contribution >= 0.6 is 15.9 Å². The summed E-state index contributed by atoms with van der Waals surface area (Å²) in [5.41, 5.74) is 2.60. The van der Waals surface area contributed by atoms with E-state index in [9.17, 15) is 14.0 Å². The van der Waals surface area contributed by atoms with E-state index in [4.69, 9.17) is 0 Å². The van der Waals surface area contributed by atoms with Crippen LogP contribution in [0.1, 0.15) is 28.8 Å². The van der Waals surface area contributed by atoms with Crippen LogP contribution in [0.3, 0.4) is 0 Å². The lowest BCUT2D eigenvalue weighted by Gasteiger charge is -2.12. The Bertz CT molecular complexity index is 810. The number of hydrogen-bond acceptors (Lipinski definition) is 3. The average molecular weight is 450 g/mol. The van der Waals surface area contributed by atoms with Gasteiger partial charge >= 0.3 is 0 Å². The molecule has 2 aromatic carbocycles. The molecule has 0 saturated heterocycles. The van der Waals surface area contributed by atoms with Gasteiger partial charge in [-0.25, -0.2) is 4.39 Å². The number of aryl methyl sites for hydroxylation is 1. The number of nitrogens with zero attached hydrogens (tertiary/aromatic N) is 1. The van der Waals surface area contributed by atoms with E-state index in [2.05, 4.69) is 55.7 Å². The molecular weight excluding hydrogens is 425 g/mol. The monoisotopic (exact) mass is 449 g/mol. The lowest BCUT2D eigenvalue weighted by atomic mass is 10.1. The van der Waals surface area contributed by atoms with Gasteiger partial charge in [-0.05, 0) is 64.7 Å². The van der Waals surface area contributed by atoms with Gasteiger partial charge in [0.25, 0.3) is 5.91 Å². The molecule has 0 bridgehead atoms. The molecular formula is C21H25BrFN3O2. The van der Waals surface area contributed by atoms with E-state index in [1.807, 2.05) is 14.1 Å². The highest BCUT2D eigenvalue weighted by molar-refractivity contribution is 9.10. The second-order valence-electron chi connectivity index (χ2n) is 6.64. The number of halogens is 2. The number of carbonyl (C=O) groups excluding carboxylic acids is 2. The molecule has 7 heteroatoms. The van der Waals surface area contributed by atoms with Gasteiger partial charge in [-0.15, -0.1) is 0 Å². The minimum absolute atomic E-state index is 0.124. The second-order valence-corrected chi connectivity index (χ2v) is 7.50. The van der Waals surface area contributed by atoms with Gasteiger partial charge in [-0.2, -0.15) is 0 Å². The summed E-state index contributed by atoms with van der Waals surface area (Å²) in [4.78, 5) is 26.0. The number of benzene rings is 2. The molecule has 0 fully saturated rings. The Hall–Kier alpha value is -2.41. The largest absolute Gasteiger partial charge is 0.378 e. The van der Waals surface area contributed by atoms with Gasteiger partial charge in [-0.1, -0.05) is 12.1 Å². The minimum atomic E-state index is -0.484. The van der Waals surface area contributed by atoms with E-state index in [1.54, 1.807) is 0 Å². The Morgan fingerprint density at radius 2 is 1.75 bits per heavy atom. The van der Waals surface area contributed by atoms with Gasteiger partial charge in [0.05, 0.1) is 5.56 Å². The van der Waals surface area contributed by atoms with Crippen molar-refractivity contribution in [1.82, 2.24) is 10.6 Å². The highest BCUT2D eigenvalue weighted by Crippen LogP contribution is 2.17. The summed E-state index contributed by atoms with van der Waals surface area (Å²) in [6, 6.07) is 12.2. The lowest BCUT2D eigenvalue weighted by Crippen LogP contribution is -2.31. The fourth-order valence-electron chi connectivity index (χ4n) is 2.63. The van der Waals surface area contributed by atoms with Crippen molar-refractivity contribution < 1.29 is 14.0 Å². The number of amides is 2. The Labute approximate surface area is 173 Å². The van der Waals surface area contributed by atoms with Crippen LogP contribution in [0.15, 0.2) is 46.9 Å². The fraction of sp³-hybridized carbons (Fsp3) is 0.333. The summed E-state index contributed by atoms with van der Waals surface area (Å²) in [6.07, 6.45) is 1.91. The maximum atomic E-state index is 13.2. The molecule has 28 heavy (non-hydrogen) atoms. The van der Waals surface area contributed by atoms with Gasteiger partial charge in [0.15, 0.2) is 0 Å². The highest BCUT2D eigenvalue weighted by Gasteiger charge is 2.11. The first-order valence-electron chi connectivity index (χ1n) is 9.13. The summed E-state index contributed by atoms with van der Waals surface area (Å²) < 4.78 is 13.8. The van der Waals surface area contributed by atoms with Crippen molar-refractivity contribution in [2.24, 2.45) is 0 Å². The summed E-state index contributed by atoms with van der Waals surface area (Å²) in [7, 11) is 4.01. The van der Waals surface area contributed by atoms with Gasteiger partial charge in [0, 0.05) is 43.8 Å². The highest BCUT2D eigenvalue weighted by atomic mass is 79.9. The van der Waals surface area contributed by atoms with Crippen molar-refractivity contribution >= 4 is 33.4 Å². The van der Waals surface area contributed by atoms with Gasteiger partial charge in [-0.3, -0.25) is 9.59 Å². The van der Waals surface area contributed by atoms with Crippen LogP contribution < -0.4 is 15.5 Å². The molecule has 0 radical (unpaired) electrons. The van der Waals surface area contributed by atoms with Crippen LogP contribution in [0.2, 0.25) is 0 Å². The van der Waals surface area contributed by atoms with E-state index < -0.39 is 11.7 Å². The zero-order valence-corrected chi connectivity index (χ0v) is 17.7. The molecule has 2 N–H and O–H groups in total. The molecule has 0 aromatic heterocycles. The number of hydrogen-bond donors (Lipinski definition) is 2. The van der Waals surface area contributed by atoms with E-state index in [0.717, 1.165) is 24.6 Å². The molecule has 0 atom stereocenters. The van der Waals surface area contributed by atoms with Crippen molar-refractivity contribution in [2.45, 2.75) is 19.3 Å². The van der Waals surface area contributed by atoms with Crippen molar-refractivity contribution in [3.63, 3.8) is 0 Å². The lowest BCUT2D eigenvalue weighted by molar-refractivity contribution is -0.120. The van der Waals surface area contributed by atoms with Crippen molar-refractivity contribution in [1.29, 1.82) is 0 Å². The SMILES string of the molecule is CN(C)c1ccc(CCCNC(=O)CCNC(=O)c2cc(F)ccc2Br)cc1. The molecule has 5 nitrogen and oxygen atoms in total. The van der Waals surface area contributed by atoms with Crippen molar-refractivity contribution in [3.8, 4) is 0 Å². The minimum Gasteiger partial charge on any atom is -0.378 e. The summed E-state index contributed by atoms with van der Waals surface area (Å²) in [6.45, 7) is 0.775. The smallest absolute Gasteiger partial charge is 0.252 e. The molecule has 0 unspecified atom stereocenters. The van der Waals surface area contributed by atoms with Gasteiger partial charge < -0.3 is 15.5 Å². The van der Waals surface area contributed by atoms with E-state index in [1.165, 1.54) is 17.7 Å². The maximum absolute atomic E-state index is 13.2. The summed E-state index contributed by atoms with van der Waals surface area (Å²) in [5, 5.41) is 5.48. The molecule has 150 valence electrons. The van der Waals surface area contributed by atoms with E-state index in [0.29, 0.717) is 11.0 Å². The normalized spacial score (nSPS) is 10.4. The van der Waals surface area contributed by atoms with Crippen molar-refractivity contribution in [2.75, 3.05) is 32.1 Å². The maximum Gasteiger partial charge on any atom is 0.252 e. The van der Waals surface area contributed by atoms with Gasteiger partial charge in [0.2, 0.25) is 5.91 Å². The first kappa shape index (κ1) is 21.9. The summed E-state index contributed by atoms with van der Waals surface area (Å²) in [5.74, 6) is -1.02. The van der Waals surface area contributed by atoms with E-state index in [-0.39, 0.29) is 24.4 Å². The predicted molar refractivity (Wildman–Crippen MR) is 113 cm³/mol. The Balaban J connectivity index is 1.63. The number of rotatable bonds is 9. The van der Waals surface area contributed by atoms with Crippen LogP contribution in [-0.4, -0.2) is 39.0 Å². The third-order valence-corrected chi connectivity index (χ3v) is 4.92. The zero-order chi connectivity index (χ0) is 20.5. The number of nitrogens with one attached hydrogen (secondary N) is 2. The van der Waals surface area contributed by atoms with Crippen LogP contribution in [-0.2, 0) is 11.2 Å². The molecule has 0 aliphatic rings. The van der Waals surface area contributed by atoms with Crippen LogP contribution in [0.5, 0.6) is 0 Å². The molecule has 0 saturated carbocycles. The first-order chi connectivity index (χ1) is 13.4. The molecule has 2 aromatic rings. The molecule has 2 amide bonds. The molecule has 0 heterocycles. The van der Waals surface area contributed by atoms with Crippen molar-refractivity contribution in [3.05, 3.63) is 63.9 Å². The standard InChI is InChI=1S/C21H25BrFN3O2/c1-26(2)17-8-5-15(6-9-17)4-3-12-24-20(27)11-13-25-21(28)18-14-16(23)7-10-19(18)22/h5-10,14H,3-4,11-13H2,1-2H3,(H,24,27)(H,25,28). The molecule has 0 aliphatic carbocycles. The quantitative estimate of drug-likeness (QED) is 0.575. The molecule has 0 spiro atoms. The number of carbonyl (C=O) groups is 2. The third kappa shape index (κ3) is 6.96. The predicted octanol–water partition coefficient (Wildman–Crippen LogP) is 3.52. The zero-order valence-electron chi connectivity index (χ0n) is 16.1. The Morgan fingerprint density at radius 3 is 2.43 bits per heavy atom.